The maximum Gasteiger partial charge on any atom is 0.130 e. The highest BCUT2D eigenvalue weighted by atomic mass is 16.5. The van der Waals surface area contributed by atoms with Crippen LogP contribution in [0.15, 0.2) is 48.8 Å². The van der Waals surface area contributed by atoms with Gasteiger partial charge in [-0.05, 0) is 54.3 Å². The number of methoxy groups -OCH3 is 1. The van der Waals surface area contributed by atoms with Gasteiger partial charge < -0.3 is 14.4 Å². The lowest BCUT2D eigenvalue weighted by molar-refractivity contribution is 0.0986. The number of nitrogens with zero attached hydrogens (tertiary/aromatic N) is 4. The molecule has 1 atom stereocenters. The summed E-state index contributed by atoms with van der Waals surface area (Å²) in [7, 11) is 1.72. The Bertz CT molecular complexity index is 1240. The predicted octanol–water partition coefficient (Wildman–Crippen LogP) is 4.37. The number of fused-ring (bicyclic) bond motifs is 1. The number of aromatic nitrogens is 4. The number of aryl methyl sites for hydroxylation is 1. The first kappa shape index (κ1) is 20.6. The SMILES string of the molecule is COCc1cccc(-c2cc(N3CCOC[C@H]3C)nc3c(-c4ccn[nH]4)ncc(C)c23)c1. The van der Waals surface area contributed by atoms with E-state index >= 15 is 0 Å². The number of nitrogens with one attached hydrogen (secondary N) is 1. The fourth-order valence-corrected chi connectivity index (χ4v) is 4.41. The quantitative estimate of drug-likeness (QED) is 0.508. The Labute approximate surface area is 187 Å². The summed E-state index contributed by atoms with van der Waals surface area (Å²) in [6, 6.07) is 12.9. The van der Waals surface area contributed by atoms with Crippen molar-refractivity contribution in [3.05, 3.63) is 59.9 Å². The lowest BCUT2D eigenvalue weighted by Gasteiger charge is -2.34. The third-order valence-corrected chi connectivity index (χ3v) is 5.98. The zero-order valence-corrected chi connectivity index (χ0v) is 18.6. The van der Waals surface area contributed by atoms with E-state index in [0.29, 0.717) is 19.8 Å². The van der Waals surface area contributed by atoms with Gasteiger partial charge in [0.05, 0.1) is 31.6 Å². The highest BCUT2D eigenvalue weighted by Gasteiger charge is 2.24. The Morgan fingerprint density at radius 2 is 2.16 bits per heavy atom. The zero-order chi connectivity index (χ0) is 22.1. The molecule has 0 amide bonds. The fraction of sp³-hybridized carbons (Fsp3) is 0.320. The number of morpholine rings is 1. The normalized spacial score (nSPS) is 16.6. The number of anilines is 1. The van der Waals surface area contributed by atoms with E-state index in [1.54, 1.807) is 13.3 Å². The molecule has 1 N–H and O–H groups in total. The summed E-state index contributed by atoms with van der Waals surface area (Å²) in [6.45, 7) is 7.03. The molecule has 32 heavy (non-hydrogen) atoms. The lowest BCUT2D eigenvalue weighted by Crippen LogP contribution is -2.44. The molecule has 0 unspecified atom stereocenters. The van der Waals surface area contributed by atoms with Crippen LogP contribution in [0, 0.1) is 6.92 Å². The van der Waals surface area contributed by atoms with Gasteiger partial charge >= 0.3 is 0 Å². The van der Waals surface area contributed by atoms with E-state index in [4.69, 9.17) is 19.4 Å². The molecule has 0 aliphatic carbocycles. The Kier molecular flexibility index (Phi) is 5.59. The molecule has 0 saturated carbocycles. The third-order valence-electron chi connectivity index (χ3n) is 5.98. The molecule has 0 bridgehead atoms. The van der Waals surface area contributed by atoms with E-state index in [0.717, 1.165) is 56.9 Å². The number of hydrogen-bond donors (Lipinski definition) is 1. The molecule has 0 radical (unpaired) electrons. The van der Waals surface area contributed by atoms with Crippen LogP contribution in [0.3, 0.4) is 0 Å². The van der Waals surface area contributed by atoms with Gasteiger partial charge in [-0.1, -0.05) is 18.2 Å². The molecule has 0 spiro atoms. The number of hydrogen-bond acceptors (Lipinski definition) is 6. The van der Waals surface area contributed by atoms with Gasteiger partial charge in [0, 0.05) is 31.4 Å². The van der Waals surface area contributed by atoms with Gasteiger partial charge in [0.15, 0.2) is 0 Å². The first-order chi connectivity index (χ1) is 15.7. The second-order valence-electron chi connectivity index (χ2n) is 8.26. The lowest BCUT2D eigenvalue weighted by atomic mass is 9.96. The largest absolute Gasteiger partial charge is 0.380 e. The molecule has 1 aliphatic heterocycles. The fourth-order valence-electron chi connectivity index (χ4n) is 4.41. The zero-order valence-electron chi connectivity index (χ0n) is 18.6. The minimum absolute atomic E-state index is 0.245. The molecule has 4 aromatic rings. The second kappa shape index (κ2) is 8.68. The second-order valence-corrected chi connectivity index (χ2v) is 8.26. The molecular weight excluding hydrogens is 402 g/mol. The van der Waals surface area contributed by atoms with Crippen LogP contribution in [-0.4, -0.2) is 53.1 Å². The van der Waals surface area contributed by atoms with Crippen LogP contribution in [-0.2, 0) is 16.1 Å². The van der Waals surface area contributed by atoms with Gasteiger partial charge in [-0.3, -0.25) is 10.1 Å². The minimum atomic E-state index is 0.245. The summed E-state index contributed by atoms with van der Waals surface area (Å²) in [4.78, 5) is 12.2. The van der Waals surface area contributed by atoms with Gasteiger partial charge in [-0.2, -0.15) is 5.10 Å². The summed E-state index contributed by atoms with van der Waals surface area (Å²) in [5.41, 5.74) is 7.04. The first-order valence-electron chi connectivity index (χ1n) is 10.9. The van der Waals surface area contributed by atoms with Gasteiger partial charge in [0.1, 0.15) is 17.0 Å². The summed E-state index contributed by atoms with van der Waals surface area (Å²) in [6.07, 6.45) is 3.66. The molecule has 1 aromatic carbocycles. The smallest absolute Gasteiger partial charge is 0.130 e. The summed E-state index contributed by atoms with van der Waals surface area (Å²) >= 11 is 0. The van der Waals surface area contributed by atoms with Crippen molar-refractivity contribution in [3.8, 4) is 22.5 Å². The maximum absolute atomic E-state index is 5.67. The van der Waals surface area contributed by atoms with Crippen molar-refractivity contribution in [2.45, 2.75) is 26.5 Å². The van der Waals surface area contributed by atoms with Crippen molar-refractivity contribution in [2.75, 3.05) is 31.8 Å². The third kappa shape index (κ3) is 3.74. The van der Waals surface area contributed by atoms with Crippen LogP contribution < -0.4 is 4.90 Å². The number of rotatable bonds is 5. The molecule has 1 aliphatic rings. The van der Waals surface area contributed by atoms with Crippen LogP contribution in [0.4, 0.5) is 5.82 Å². The highest BCUT2D eigenvalue weighted by Crippen LogP contribution is 2.37. The molecule has 7 heteroatoms. The van der Waals surface area contributed by atoms with Crippen molar-refractivity contribution in [3.63, 3.8) is 0 Å². The molecule has 5 rings (SSSR count). The topological polar surface area (TPSA) is 76.2 Å². The maximum atomic E-state index is 5.67. The minimum Gasteiger partial charge on any atom is -0.380 e. The van der Waals surface area contributed by atoms with Crippen LogP contribution in [0.1, 0.15) is 18.1 Å². The van der Waals surface area contributed by atoms with Crippen molar-refractivity contribution in [2.24, 2.45) is 0 Å². The Morgan fingerprint density at radius 1 is 1.25 bits per heavy atom. The Hall–Kier alpha value is -3.29. The van der Waals surface area contributed by atoms with Crippen molar-refractivity contribution in [1.29, 1.82) is 0 Å². The van der Waals surface area contributed by atoms with E-state index in [-0.39, 0.29) is 6.04 Å². The summed E-state index contributed by atoms with van der Waals surface area (Å²) in [5, 5.41) is 8.29. The van der Waals surface area contributed by atoms with Crippen molar-refractivity contribution in [1.82, 2.24) is 20.2 Å². The molecule has 4 heterocycles. The molecular formula is C25H27N5O2. The molecule has 3 aromatic heterocycles. The first-order valence-corrected chi connectivity index (χ1v) is 10.9. The predicted molar refractivity (Wildman–Crippen MR) is 126 cm³/mol. The van der Waals surface area contributed by atoms with Gasteiger partial charge in [0.25, 0.3) is 0 Å². The monoisotopic (exact) mass is 429 g/mol. The highest BCUT2D eigenvalue weighted by molar-refractivity contribution is 6.03. The number of ether oxygens (including phenoxy) is 2. The summed E-state index contributed by atoms with van der Waals surface area (Å²) < 4.78 is 11.0. The number of H-pyrrole nitrogens is 1. The van der Waals surface area contributed by atoms with Crippen LogP contribution in [0.5, 0.6) is 0 Å². The molecule has 1 saturated heterocycles. The average molecular weight is 430 g/mol. The Balaban J connectivity index is 1.79. The molecule has 1 fully saturated rings. The van der Waals surface area contributed by atoms with Crippen LogP contribution in [0.2, 0.25) is 0 Å². The molecule has 7 nitrogen and oxygen atoms in total. The number of pyridine rings is 2. The molecule has 164 valence electrons. The van der Waals surface area contributed by atoms with E-state index < -0.39 is 0 Å². The van der Waals surface area contributed by atoms with Crippen LogP contribution >= 0.6 is 0 Å². The van der Waals surface area contributed by atoms with Gasteiger partial charge in [0.2, 0.25) is 0 Å². The van der Waals surface area contributed by atoms with Crippen LogP contribution in [0.25, 0.3) is 33.4 Å². The van der Waals surface area contributed by atoms with Crippen molar-refractivity contribution >= 4 is 16.7 Å². The Morgan fingerprint density at radius 3 is 2.94 bits per heavy atom. The van der Waals surface area contributed by atoms with E-state index in [2.05, 4.69) is 59.3 Å². The van der Waals surface area contributed by atoms with E-state index in [1.165, 1.54) is 0 Å². The van der Waals surface area contributed by atoms with Crippen molar-refractivity contribution < 1.29 is 9.47 Å². The van der Waals surface area contributed by atoms with Gasteiger partial charge in [-0.25, -0.2) is 4.98 Å². The van der Waals surface area contributed by atoms with E-state index in [1.807, 2.05) is 12.3 Å². The van der Waals surface area contributed by atoms with E-state index in [9.17, 15) is 0 Å². The standard InChI is InChI=1S/C25H27N5O2/c1-16-13-26-24(21-7-8-27-29-21)25-23(16)20(19-6-4-5-18(11-19)15-31-3)12-22(28-25)30-9-10-32-14-17(30)2/h4-8,11-13,17H,9-10,14-15H2,1-3H3,(H,27,29)/t17-/m1/s1. The summed E-state index contributed by atoms with van der Waals surface area (Å²) in [5.74, 6) is 0.939. The number of benzene rings is 1. The average Bonchev–Trinajstić information content (AvgIpc) is 3.34. The number of aromatic amines is 1. The van der Waals surface area contributed by atoms with Gasteiger partial charge in [-0.15, -0.1) is 0 Å².